The monoisotopic (exact) mass is 386 g/mol. The van der Waals surface area contributed by atoms with Crippen LogP contribution in [0.5, 0.6) is 5.75 Å². The van der Waals surface area contributed by atoms with E-state index in [9.17, 15) is 9.18 Å². The molecule has 2 N–H and O–H groups in total. The van der Waals surface area contributed by atoms with Crippen molar-refractivity contribution in [3.8, 4) is 17.1 Å². The maximum absolute atomic E-state index is 13.8. The molecule has 27 heavy (non-hydrogen) atoms. The standard InChI is InChI=1S/C19H19FN4O2S/c1-3-26-14-7-5-13(6-8-14)18-22-19(24-23-18)27-11-17(25)21-16-9-4-12(2)10-15(16)20/h4-10H,3,11H2,1-2H3,(H,21,25)(H,22,23,24). The predicted octanol–water partition coefficient (Wildman–Crippen LogP) is 4.05. The summed E-state index contributed by atoms with van der Waals surface area (Å²) in [4.78, 5) is 15.1. The number of aromatic amines is 1. The second kappa shape index (κ2) is 8.68. The summed E-state index contributed by atoms with van der Waals surface area (Å²) in [5.74, 6) is 0.707. The molecular formula is C19H19FN4O2S. The molecule has 0 atom stereocenters. The Morgan fingerprint density at radius 3 is 2.70 bits per heavy atom. The van der Waals surface area contributed by atoms with Crippen molar-refractivity contribution in [3.63, 3.8) is 0 Å². The molecule has 0 bridgehead atoms. The van der Waals surface area contributed by atoms with Gasteiger partial charge in [-0.15, -0.1) is 10.2 Å². The number of halogens is 1. The quantitative estimate of drug-likeness (QED) is 0.599. The van der Waals surface area contributed by atoms with E-state index in [0.717, 1.165) is 16.9 Å². The van der Waals surface area contributed by atoms with Crippen LogP contribution in [0.25, 0.3) is 11.4 Å². The van der Waals surface area contributed by atoms with E-state index in [1.807, 2.05) is 31.2 Å². The Morgan fingerprint density at radius 2 is 2.00 bits per heavy atom. The van der Waals surface area contributed by atoms with E-state index in [0.29, 0.717) is 17.6 Å². The highest BCUT2D eigenvalue weighted by Crippen LogP contribution is 2.22. The summed E-state index contributed by atoms with van der Waals surface area (Å²) in [5, 5.41) is 11.2. The fourth-order valence-corrected chi connectivity index (χ4v) is 2.97. The predicted molar refractivity (Wildman–Crippen MR) is 103 cm³/mol. The Morgan fingerprint density at radius 1 is 1.22 bits per heavy atom. The molecule has 1 amide bonds. The molecule has 2 aromatic carbocycles. The number of carbonyl (C=O) groups is 1. The number of rotatable bonds is 7. The van der Waals surface area contributed by atoms with Crippen LogP contribution < -0.4 is 10.1 Å². The van der Waals surface area contributed by atoms with Crippen molar-refractivity contribution in [2.75, 3.05) is 17.7 Å². The van der Waals surface area contributed by atoms with Crippen molar-refractivity contribution in [1.82, 2.24) is 15.2 Å². The molecule has 0 unspecified atom stereocenters. The first kappa shape index (κ1) is 18.9. The van der Waals surface area contributed by atoms with Crippen LogP contribution in [-0.4, -0.2) is 33.4 Å². The van der Waals surface area contributed by atoms with Gasteiger partial charge in [0, 0.05) is 5.56 Å². The first-order valence-corrected chi connectivity index (χ1v) is 9.38. The fourth-order valence-electron chi connectivity index (χ4n) is 2.36. The van der Waals surface area contributed by atoms with E-state index in [4.69, 9.17) is 4.74 Å². The smallest absolute Gasteiger partial charge is 0.234 e. The van der Waals surface area contributed by atoms with E-state index in [1.54, 1.807) is 19.1 Å². The summed E-state index contributed by atoms with van der Waals surface area (Å²) in [5.41, 5.74) is 1.83. The number of thioether (sulfide) groups is 1. The number of anilines is 1. The van der Waals surface area contributed by atoms with Crippen molar-refractivity contribution >= 4 is 23.4 Å². The van der Waals surface area contributed by atoms with Gasteiger partial charge in [0.2, 0.25) is 5.91 Å². The molecule has 0 aliphatic carbocycles. The van der Waals surface area contributed by atoms with Crippen LogP contribution >= 0.6 is 11.8 Å². The second-order valence-corrected chi connectivity index (χ2v) is 6.72. The van der Waals surface area contributed by atoms with Gasteiger partial charge in [-0.3, -0.25) is 4.79 Å². The number of benzene rings is 2. The highest BCUT2D eigenvalue weighted by molar-refractivity contribution is 7.99. The van der Waals surface area contributed by atoms with Gasteiger partial charge < -0.3 is 15.0 Å². The van der Waals surface area contributed by atoms with Crippen molar-refractivity contribution in [1.29, 1.82) is 0 Å². The van der Waals surface area contributed by atoms with Crippen LogP contribution in [0.4, 0.5) is 10.1 Å². The second-order valence-electron chi connectivity index (χ2n) is 5.76. The van der Waals surface area contributed by atoms with Gasteiger partial charge in [0.25, 0.3) is 0 Å². The summed E-state index contributed by atoms with van der Waals surface area (Å²) in [6.45, 7) is 4.32. The third-order valence-corrected chi connectivity index (χ3v) is 4.51. The van der Waals surface area contributed by atoms with E-state index >= 15 is 0 Å². The number of aryl methyl sites for hydroxylation is 1. The molecule has 3 aromatic rings. The average molecular weight is 386 g/mol. The molecule has 8 heteroatoms. The summed E-state index contributed by atoms with van der Waals surface area (Å²) in [6.07, 6.45) is 0. The van der Waals surface area contributed by atoms with E-state index < -0.39 is 5.82 Å². The van der Waals surface area contributed by atoms with Crippen molar-refractivity contribution in [3.05, 3.63) is 53.8 Å². The molecule has 0 saturated heterocycles. The molecule has 1 heterocycles. The Labute approximate surface area is 160 Å². The van der Waals surface area contributed by atoms with Gasteiger partial charge in [0.15, 0.2) is 11.0 Å². The minimum absolute atomic E-state index is 0.0885. The zero-order chi connectivity index (χ0) is 19.2. The Kier molecular flexibility index (Phi) is 6.08. The number of ether oxygens (including phenoxy) is 1. The fraction of sp³-hybridized carbons (Fsp3) is 0.211. The summed E-state index contributed by atoms with van der Waals surface area (Å²) >= 11 is 1.20. The van der Waals surface area contributed by atoms with Crippen LogP contribution in [0, 0.1) is 12.7 Å². The number of nitrogens with zero attached hydrogens (tertiary/aromatic N) is 2. The topological polar surface area (TPSA) is 79.9 Å². The number of nitrogens with one attached hydrogen (secondary N) is 2. The number of amides is 1. The minimum Gasteiger partial charge on any atom is -0.494 e. The van der Waals surface area contributed by atoms with Crippen LogP contribution in [0.2, 0.25) is 0 Å². The molecule has 140 valence electrons. The number of carbonyl (C=O) groups excluding carboxylic acids is 1. The maximum atomic E-state index is 13.8. The lowest BCUT2D eigenvalue weighted by Crippen LogP contribution is -2.15. The largest absolute Gasteiger partial charge is 0.494 e. The highest BCUT2D eigenvalue weighted by atomic mass is 32.2. The zero-order valence-electron chi connectivity index (χ0n) is 15.0. The summed E-state index contributed by atoms with van der Waals surface area (Å²) < 4.78 is 19.2. The van der Waals surface area contributed by atoms with Gasteiger partial charge >= 0.3 is 0 Å². The van der Waals surface area contributed by atoms with Gasteiger partial charge in [-0.05, 0) is 55.8 Å². The first-order chi connectivity index (χ1) is 13.0. The van der Waals surface area contributed by atoms with Crippen LogP contribution in [0.1, 0.15) is 12.5 Å². The Hall–Kier alpha value is -2.87. The van der Waals surface area contributed by atoms with E-state index in [1.165, 1.54) is 17.8 Å². The highest BCUT2D eigenvalue weighted by Gasteiger charge is 2.11. The normalized spacial score (nSPS) is 10.6. The molecular weight excluding hydrogens is 367 g/mol. The third kappa shape index (κ3) is 5.07. The Bertz CT molecular complexity index is 928. The molecule has 1 aromatic heterocycles. The molecule has 6 nitrogen and oxygen atoms in total. The Balaban J connectivity index is 1.56. The van der Waals surface area contributed by atoms with E-state index in [-0.39, 0.29) is 17.3 Å². The van der Waals surface area contributed by atoms with Gasteiger partial charge in [0.1, 0.15) is 11.6 Å². The van der Waals surface area contributed by atoms with Crippen molar-refractivity contribution in [2.24, 2.45) is 0 Å². The lowest BCUT2D eigenvalue weighted by Gasteiger charge is -2.06. The molecule has 0 radical (unpaired) electrons. The van der Waals surface area contributed by atoms with Crippen molar-refractivity contribution < 1.29 is 13.9 Å². The first-order valence-electron chi connectivity index (χ1n) is 8.40. The number of hydrogen-bond donors (Lipinski definition) is 2. The maximum Gasteiger partial charge on any atom is 0.234 e. The van der Waals surface area contributed by atoms with Crippen molar-refractivity contribution in [2.45, 2.75) is 19.0 Å². The molecule has 0 aliphatic rings. The lowest BCUT2D eigenvalue weighted by atomic mass is 10.2. The third-order valence-electron chi connectivity index (χ3n) is 3.64. The molecule has 0 aliphatic heterocycles. The van der Waals surface area contributed by atoms with Crippen LogP contribution in [0.3, 0.4) is 0 Å². The molecule has 3 rings (SSSR count). The number of H-pyrrole nitrogens is 1. The van der Waals surface area contributed by atoms with Gasteiger partial charge in [0.05, 0.1) is 18.0 Å². The van der Waals surface area contributed by atoms with Gasteiger partial charge in [-0.2, -0.15) is 0 Å². The number of aromatic nitrogens is 3. The van der Waals surface area contributed by atoms with Gasteiger partial charge in [-0.1, -0.05) is 17.8 Å². The van der Waals surface area contributed by atoms with Crippen LogP contribution in [0.15, 0.2) is 47.6 Å². The summed E-state index contributed by atoms with van der Waals surface area (Å²) in [7, 11) is 0. The molecule has 0 saturated carbocycles. The average Bonchev–Trinajstić information content (AvgIpc) is 3.12. The lowest BCUT2D eigenvalue weighted by molar-refractivity contribution is -0.113. The summed E-state index contributed by atoms with van der Waals surface area (Å²) in [6, 6.07) is 12.1. The van der Waals surface area contributed by atoms with Gasteiger partial charge in [-0.25, -0.2) is 4.39 Å². The molecule has 0 fully saturated rings. The minimum atomic E-state index is -0.453. The number of hydrogen-bond acceptors (Lipinski definition) is 5. The zero-order valence-corrected chi connectivity index (χ0v) is 15.8. The molecule has 0 spiro atoms. The SMILES string of the molecule is CCOc1ccc(-c2nnc(SCC(=O)Nc3ccc(C)cc3F)[nH]2)cc1. The van der Waals surface area contributed by atoms with E-state index in [2.05, 4.69) is 20.5 Å². The van der Waals surface area contributed by atoms with Crippen LogP contribution in [-0.2, 0) is 4.79 Å².